The summed E-state index contributed by atoms with van der Waals surface area (Å²) in [6, 6.07) is 0. The topological polar surface area (TPSA) is 80.4 Å². The zero-order valence-corrected chi connectivity index (χ0v) is 11.1. The van der Waals surface area contributed by atoms with Gasteiger partial charge < -0.3 is 5.73 Å². The van der Waals surface area contributed by atoms with Gasteiger partial charge in [-0.05, 0) is 32.6 Å². The van der Waals surface area contributed by atoms with Gasteiger partial charge in [-0.1, -0.05) is 23.4 Å². The van der Waals surface area contributed by atoms with Crippen LogP contribution in [0.5, 0.6) is 0 Å². The highest BCUT2D eigenvalue weighted by molar-refractivity contribution is 7.86. The van der Waals surface area contributed by atoms with Gasteiger partial charge in [0.2, 0.25) is 0 Å². The normalized spacial score (nSPS) is 26.9. The fourth-order valence-corrected chi connectivity index (χ4v) is 3.51. The molecule has 0 heterocycles. The Hall–Kier alpha value is -0.460. The summed E-state index contributed by atoms with van der Waals surface area (Å²) in [5.74, 6) is -0.198. The van der Waals surface area contributed by atoms with Crippen molar-refractivity contribution in [3.8, 4) is 0 Å². The second-order valence-electron chi connectivity index (χ2n) is 4.45. The highest BCUT2D eigenvalue weighted by atomic mass is 32.2. The summed E-state index contributed by atoms with van der Waals surface area (Å²) in [7, 11) is -4.03. The number of rotatable bonds is 3. The van der Waals surface area contributed by atoms with Crippen molar-refractivity contribution in [3.63, 3.8) is 0 Å². The number of hydrogen-bond donors (Lipinski definition) is 2. The van der Waals surface area contributed by atoms with Crippen LogP contribution in [0, 0.1) is 5.92 Å². The van der Waals surface area contributed by atoms with Crippen LogP contribution in [0.25, 0.3) is 0 Å². The Bertz CT molecular complexity index is 425. The molecule has 92 valence electrons. The second kappa shape index (κ2) is 4.81. The maximum atomic E-state index is 11.3. The van der Waals surface area contributed by atoms with Crippen molar-refractivity contribution in [2.24, 2.45) is 11.7 Å². The van der Waals surface area contributed by atoms with Crippen LogP contribution >= 0.6 is 12.2 Å². The Balaban J connectivity index is 3.00. The van der Waals surface area contributed by atoms with E-state index >= 15 is 0 Å². The van der Waals surface area contributed by atoms with Crippen molar-refractivity contribution in [3.05, 3.63) is 11.1 Å². The van der Waals surface area contributed by atoms with Crippen LogP contribution < -0.4 is 5.73 Å². The van der Waals surface area contributed by atoms with Gasteiger partial charge >= 0.3 is 0 Å². The van der Waals surface area contributed by atoms with E-state index in [1.165, 1.54) is 5.57 Å². The molecule has 0 amide bonds. The number of hydrogen-bond acceptors (Lipinski definition) is 3. The van der Waals surface area contributed by atoms with Crippen LogP contribution in [0.15, 0.2) is 11.1 Å². The van der Waals surface area contributed by atoms with E-state index < -0.39 is 15.4 Å². The van der Waals surface area contributed by atoms with Crippen LogP contribution in [0.3, 0.4) is 0 Å². The van der Waals surface area contributed by atoms with E-state index in [-0.39, 0.29) is 5.92 Å². The summed E-state index contributed by atoms with van der Waals surface area (Å²) in [6.45, 7) is 3.87. The van der Waals surface area contributed by atoms with Crippen LogP contribution in [0.2, 0.25) is 0 Å². The molecule has 0 aromatic carbocycles. The summed E-state index contributed by atoms with van der Waals surface area (Å²) >= 11 is 4.81. The molecule has 0 bridgehead atoms. The molecule has 0 aromatic rings. The molecular weight excluding hydrogens is 246 g/mol. The quantitative estimate of drug-likeness (QED) is 0.460. The lowest BCUT2D eigenvalue weighted by atomic mass is 9.83. The molecule has 2 atom stereocenters. The van der Waals surface area contributed by atoms with E-state index in [0.717, 1.165) is 5.57 Å². The largest absolute Gasteiger partial charge is 0.393 e. The lowest BCUT2D eigenvalue weighted by molar-refractivity contribution is 0.406. The average molecular weight is 263 g/mol. The van der Waals surface area contributed by atoms with E-state index in [2.05, 4.69) is 0 Å². The van der Waals surface area contributed by atoms with Crippen molar-refractivity contribution < 1.29 is 13.0 Å². The molecule has 1 rings (SSSR count). The van der Waals surface area contributed by atoms with Crippen LogP contribution in [0.4, 0.5) is 0 Å². The predicted molar refractivity (Wildman–Crippen MR) is 67.8 cm³/mol. The minimum absolute atomic E-state index is 0.198. The minimum atomic E-state index is -4.03. The minimum Gasteiger partial charge on any atom is -0.393 e. The molecule has 0 aromatic heterocycles. The number of nitrogens with two attached hydrogens (primary N) is 1. The first-order chi connectivity index (χ1) is 7.21. The second-order valence-corrected chi connectivity index (χ2v) is 6.61. The molecule has 0 saturated carbocycles. The Labute approximate surface area is 102 Å². The van der Waals surface area contributed by atoms with E-state index in [1.807, 2.05) is 13.8 Å². The molecule has 0 radical (unpaired) electrons. The molecule has 0 spiro atoms. The van der Waals surface area contributed by atoms with Crippen molar-refractivity contribution in [1.82, 2.24) is 0 Å². The van der Waals surface area contributed by atoms with Crippen LogP contribution in [-0.4, -0.2) is 23.2 Å². The molecule has 1 aliphatic rings. The molecule has 3 N–H and O–H groups in total. The van der Waals surface area contributed by atoms with Crippen LogP contribution in [-0.2, 0) is 10.1 Å². The highest BCUT2D eigenvalue weighted by Gasteiger charge is 2.35. The monoisotopic (exact) mass is 263 g/mol. The van der Waals surface area contributed by atoms with E-state index in [0.29, 0.717) is 24.3 Å². The van der Waals surface area contributed by atoms with Gasteiger partial charge in [-0.2, -0.15) is 8.42 Å². The zero-order chi connectivity index (χ0) is 12.5. The Kier molecular flexibility index (Phi) is 4.09. The maximum absolute atomic E-state index is 11.3. The third-order valence-corrected chi connectivity index (χ3v) is 4.66. The molecule has 6 heteroatoms. The first-order valence-corrected chi connectivity index (χ1v) is 7.02. The fourth-order valence-electron chi connectivity index (χ4n) is 2.15. The molecule has 4 nitrogen and oxygen atoms in total. The van der Waals surface area contributed by atoms with Crippen molar-refractivity contribution in [2.45, 2.75) is 38.4 Å². The Morgan fingerprint density at radius 1 is 1.44 bits per heavy atom. The van der Waals surface area contributed by atoms with Crippen molar-refractivity contribution >= 4 is 27.3 Å². The van der Waals surface area contributed by atoms with Crippen molar-refractivity contribution in [1.29, 1.82) is 0 Å². The standard InChI is InChI=1S/C10H17NO3S2/c1-6-3-8(5-10(11)15)9(4-7(6)2)16(12,13)14/h8-9H,3-5H2,1-2H3,(H2,11,15)(H,12,13,14). The summed E-state index contributed by atoms with van der Waals surface area (Å²) in [5.41, 5.74) is 7.64. The van der Waals surface area contributed by atoms with Gasteiger partial charge in [-0.25, -0.2) is 0 Å². The SMILES string of the molecule is CC1=C(C)CC(S(=O)(=O)O)C(CC(N)=S)C1. The maximum Gasteiger partial charge on any atom is 0.268 e. The summed E-state index contributed by atoms with van der Waals surface area (Å²) in [5, 5.41) is -0.766. The lowest BCUT2D eigenvalue weighted by Crippen LogP contribution is -2.35. The molecule has 16 heavy (non-hydrogen) atoms. The smallest absolute Gasteiger partial charge is 0.268 e. The predicted octanol–water partition coefficient (Wildman–Crippen LogP) is 1.67. The Morgan fingerprint density at radius 2 is 1.94 bits per heavy atom. The highest BCUT2D eigenvalue weighted by Crippen LogP contribution is 2.34. The Morgan fingerprint density at radius 3 is 2.38 bits per heavy atom. The molecule has 0 fully saturated rings. The summed E-state index contributed by atoms with van der Waals surface area (Å²) < 4.78 is 31.8. The fraction of sp³-hybridized carbons (Fsp3) is 0.700. The third-order valence-electron chi connectivity index (χ3n) is 3.18. The first kappa shape index (κ1) is 13.6. The number of thiocarbonyl (C=S) groups is 1. The van der Waals surface area contributed by atoms with Gasteiger partial charge in [-0.3, -0.25) is 4.55 Å². The van der Waals surface area contributed by atoms with Gasteiger partial charge in [0.25, 0.3) is 10.1 Å². The zero-order valence-electron chi connectivity index (χ0n) is 9.43. The average Bonchev–Trinajstić information content (AvgIpc) is 2.08. The molecular formula is C10H17NO3S2. The van der Waals surface area contributed by atoms with E-state index in [1.54, 1.807) is 0 Å². The van der Waals surface area contributed by atoms with Gasteiger partial charge in [0.05, 0.1) is 10.2 Å². The summed E-state index contributed by atoms with van der Waals surface area (Å²) in [4.78, 5) is 0.297. The van der Waals surface area contributed by atoms with Gasteiger partial charge in [0.15, 0.2) is 0 Å². The lowest BCUT2D eigenvalue weighted by Gasteiger charge is -2.30. The number of allylic oxidation sites excluding steroid dienone is 2. The molecule has 2 unspecified atom stereocenters. The first-order valence-electron chi connectivity index (χ1n) is 5.11. The molecule has 0 saturated heterocycles. The summed E-state index contributed by atoms with van der Waals surface area (Å²) in [6.07, 6.45) is 1.37. The van der Waals surface area contributed by atoms with E-state index in [4.69, 9.17) is 18.0 Å². The molecule has 0 aliphatic heterocycles. The van der Waals surface area contributed by atoms with Gasteiger partial charge in [0, 0.05) is 6.42 Å². The van der Waals surface area contributed by atoms with Crippen molar-refractivity contribution in [2.75, 3.05) is 0 Å². The van der Waals surface area contributed by atoms with Gasteiger partial charge in [-0.15, -0.1) is 0 Å². The molecule has 1 aliphatic carbocycles. The van der Waals surface area contributed by atoms with Crippen LogP contribution in [0.1, 0.15) is 33.1 Å². The van der Waals surface area contributed by atoms with Gasteiger partial charge in [0.1, 0.15) is 0 Å². The third kappa shape index (κ3) is 3.26. The van der Waals surface area contributed by atoms with E-state index in [9.17, 15) is 13.0 Å².